The Morgan fingerprint density at radius 3 is 2.91 bits per heavy atom. The van der Waals surface area contributed by atoms with Crippen LogP contribution >= 0.6 is 0 Å². The minimum atomic E-state index is 0.226. The molecular weight excluding hydrogens is 402 g/mol. The highest BCUT2D eigenvalue weighted by molar-refractivity contribution is 5.79. The first-order valence-electron chi connectivity index (χ1n) is 10.9. The minimum absolute atomic E-state index is 0.226. The Balaban J connectivity index is 1.35. The monoisotopic (exact) mass is 433 g/mol. The van der Waals surface area contributed by atoms with Gasteiger partial charge in [0.2, 0.25) is 0 Å². The van der Waals surface area contributed by atoms with Crippen molar-refractivity contribution in [3.63, 3.8) is 0 Å². The summed E-state index contributed by atoms with van der Waals surface area (Å²) in [6, 6.07) is 14.4. The zero-order valence-electron chi connectivity index (χ0n) is 19.0. The van der Waals surface area contributed by atoms with E-state index in [1.165, 1.54) is 0 Å². The largest absolute Gasteiger partial charge is 0.375 e. The van der Waals surface area contributed by atoms with E-state index in [4.69, 9.17) is 4.74 Å². The number of aliphatic imine (C=N–C) groups is 1. The fourth-order valence-corrected chi connectivity index (χ4v) is 3.84. The van der Waals surface area contributed by atoms with Crippen molar-refractivity contribution in [1.82, 2.24) is 25.2 Å². The van der Waals surface area contributed by atoms with E-state index in [1.54, 1.807) is 7.05 Å². The quantitative estimate of drug-likeness (QED) is 0.460. The van der Waals surface area contributed by atoms with Crippen molar-refractivity contribution >= 4 is 11.8 Å². The van der Waals surface area contributed by atoms with Crippen LogP contribution in [0.5, 0.6) is 0 Å². The SMILES string of the molecule is CN=C(NCc1ccnc(N2CCOC(C)C2)c1)N(C)Cc1ncc(-c2ccccc2)[nH]1. The highest BCUT2D eigenvalue weighted by atomic mass is 16.5. The third-order valence-corrected chi connectivity index (χ3v) is 5.50. The molecule has 0 aliphatic carbocycles. The third-order valence-electron chi connectivity index (χ3n) is 5.50. The molecular formula is C24H31N7O. The lowest BCUT2D eigenvalue weighted by atomic mass is 10.2. The average molecular weight is 434 g/mol. The Morgan fingerprint density at radius 2 is 2.12 bits per heavy atom. The molecule has 1 aromatic carbocycles. The van der Waals surface area contributed by atoms with E-state index in [9.17, 15) is 0 Å². The lowest BCUT2D eigenvalue weighted by molar-refractivity contribution is 0.0529. The van der Waals surface area contributed by atoms with Gasteiger partial charge in [0, 0.05) is 39.9 Å². The number of aromatic nitrogens is 3. The number of pyridine rings is 1. The Hall–Kier alpha value is -3.39. The summed E-state index contributed by atoms with van der Waals surface area (Å²) in [4.78, 5) is 21.3. The van der Waals surface area contributed by atoms with Gasteiger partial charge in [-0.1, -0.05) is 30.3 Å². The fourth-order valence-electron chi connectivity index (χ4n) is 3.84. The van der Waals surface area contributed by atoms with Gasteiger partial charge in [0.25, 0.3) is 0 Å². The lowest BCUT2D eigenvalue weighted by Gasteiger charge is -2.32. The Bertz CT molecular complexity index is 1030. The molecule has 1 saturated heterocycles. The molecule has 1 aliphatic rings. The minimum Gasteiger partial charge on any atom is -0.375 e. The van der Waals surface area contributed by atoms with Gasteiger partial charge in [0.05, 0.1) is 31.1 Å². The number of rotatable bonds is 6. The van der Waals surface area contributed by atoms with Gasteiger partial charge < -0.3 is 24.8 Å². The topological polar surface area (TPSA) is 81.7 Å². The van der Waals surface area contributed by atoms with Crippen molar-refractivity contribution in [2.75, 3.05) is 38.7 Å². The van der Waals surface area contributed by atoms with E-state index in [-0.39, 0.29) is 6.10 Å². The van der Waals surface area contributed by atoms with E-state index >= 15 is 0 Å². The summed E-state index contributed by atoms with van der Waals surface area (Å²) in [6.45, 7) is 5.86. The third kappa shape index (κ3) is 5.45. The van der Waals surface area contributed by atoms with Gasteiger partial charge in [-0.3, -0.25) is 4.99 Å². The van der Waals surface area contributed by atoms with Crippen molar-refractivity contribution in [3.05, 3.63) is 66.2 Å². The summed E-state index contributed by atoms with van der Waals surface area (Å²) in [5.41, 5.74) is 3.30. The number of H-pyrrole nitrogens is 1. The van der Waals surface area contributed by atoms with Gasteiger partial charge in [0.1, 0.15) is 11.6 Å². The van der Waals surface area contributed by atoms with Gasteiger partial charge >= 0.3 is 0 Å². The van der Waals surface area contributed by atoms with Crippen LogP contribution < -0.4 is 10.2 Å². The number of imidazole rings is 1. The molecule has 1 aliphatic heterocycles. The van der Waals surface area contributed by atoms with Crippen molar-refractivity contribution in [1.29, 1.82) is 0 Å². The van der Waals surface area contributed by atoms with Crippen LogP contribution in [0.2, 0.25) is 0 Å². The standard InChI is InChI=1S/C24H31N7O/c1-18-16-31(11-12-32-18)23-13-19(9-10-26-23)14-28-24(25-2)30(3)17-22-27-15-21(29-22)20-7-5-4-6-8-20/h4-10,13,15,18H,11-12,14,16-17H2,1-3H3,(H,25,28)(H,27,29). The second-order valence-corrected chi connectivity index (χ2v) is 8.02. The number of benzene rings is 1. The number of aromatic amines is 1. The molecule has 1 unspecified atom stereocenters. The van der Waals surface area contributed by atoms with Crippen molar-refractivity contribution < 1.29 is 4.74 Å². The van der Waals surface area contributed by atoms with Crippen LogP contribution in [-0.2, 0) is 17.8 Å². The van der Waals surface area contributed by atoms with Gasteiger partial charge in [-0.15, -0.1) is 0 Å². The predicted molar refractivity (Wildman–Crippen MR) is 128 cm³/mol. The number of morpholine rings is 1. The Morgan fingerprint density at radius 1 is 1.28 bits per heavy atom. The number of nitrogens with zero attached hydrogens (tertiary/aromatic N) is 5. The van der Waals surface area contributed by atoms with E-state index in [0.717, 1.165) is 54.1 Å². The van der Waals surface area contributed by atoms with Crippen LogP contribution in [0.3, 0.4) is 0 Å². The normalized spacial score (nSPS) is 16.8. The van der Waals surface area contributed by atoms with E-state index in [0.29, 0.717) is 13.1 Å². The number of nitrogens with one attached hydrogen (secondary N) is 2. The van der Waals surface area contributed by atoms with Gasteiger partial charge in [-0.2, -0.15) is 0 Å². The Kier molecular flexibility index (Phi) is 7.01. The number of hydrogen-bond acceptors (Lipinski definition) is 5. The van der Waals surface area contributed by atoms with E-state index in [2.05, 4.69) is 60.2 Å². The first-order chi connectivity index (χ1) is 15.6. The molecule has 3 heterocycles. The highest BCUT2D eigenvalue weighted by Gasteiger charge is 2.18. The molecule has 168 valence electrons. The van der Waals surface area contributed by atoms with Crippen molar-refractivity contribution in [2.24, 2.45) is 4.99 Å². The summed E-state index contributed by atoms with van der Waals surface area (Å²) in [5, 5.41) is 3.45. The molecule has 0 bridgehead atoms. The summed E-state index contributed by atoms with van der Waals surface area (Å²) in [5.74, 6) is 2.69. The van der Waals surface area contributed by atoms with Gasteiger partial charge in [-0.25, -0.2) is 9.97 Å². The van der Waals surface area contributed by atoms with E-state index in [1.807, 2.05) is 43.7 Å². The summed E-state index contributed by atoms with van der Waals surface area (Å²) < 4.78 is 5.64. The number of guanidine groups is 1. The zero-order chi connectivity index (χ0) is 22.3. The van der Waals surface area contributed by atoms with Gasteiger partial charge in [0.15, 0.2) is 5.96 Å². The molecule has 1 fully saturated rings. The van der Waals surface area contributed by atoms with Crippen LogP contribution in [0.1, 0.15) is 18.3 Å². The molecule has 0 saturated carbocycles. The number of anilines is 1. The highest BCUT2D eigenvalue weighted by Crippen LogP contribution is 2.18. The molecule has 8 nitrogen and oxygen atoms in total. The molecule has 1 atom stereocenters. The van der Waals surface area contributed by atoms with Crippen LogP contribution in [0.15, 0.2) is 59.9 Å². The first-order valence-corrected chi connectivity index (χ1v) is 10.9. The molecule has 0 radical (unpaired) electrons. The molecule has 2 N–H and O–H groups in total. The van der Waals surface area contributed by atoms with Crippen molar-refractivity contribution in [3.8, 4) is 11.3 Å². The molecule has 0 amide bonds. The van der Waals surface area contributed by atoms with Crippen molar-refractivity contribution in [2.45, 2.75) is 26.1 Å². The van der Waals surface area contributed by atoms with Crippen LogP contribution in [-0.4, -0.2) is 65.7 Å². The van der Waals surface area contributed by atoms with Crippen LogP contribution in [0, 0.1) is 0 Å². The van der Waals surface area contributed by atoms with Gasteiger partial charge in [-0.05, 0) is 30.2 Å². The maximum absolute atomic E-state index is 5.64. The number of ether oxygens (including phenoxy) is 1. The average Bonchev–Trinajstić information content (AvgIpc) is 3.29. The molecule has 0 spiro atoms. The molecule has 4 rings (SSSR count). The van der Waals surface area contributed by atoms with E-state index < -0.39 is 0 Å². The second kappa shape index (κ2) is 10.3. The predicted octanol–water partition coefficient (Wildman–Crippen LogP) is 2.90. The molecule has 3 aromatic rings. The maximum atomic E-state index is 5.64. The van der Waals surface area contributed by atoms with Crippen LogP contribution in [0.4, 0.5) is 5.82 Å². The lowest BCUT2D eigenvalue weighted by Crippen LogP contribution is -2.41. The number of hydrogen-bond donors (Lipinski definition) is 2. The zero-order valence-corrected chi connectivity index (χ0v) is 19.0. The molecule has 2 aromatic heterocycles. The Labute approximate surface area is 189 Å². The first kappa shape index (κ1) is 21.8. The smallest absolute Gasteiger partial charge is 0.194 e. The molecule has 32 heavy (non-hydrogen) atoms. The summed E-state index contributed by atoms with van der Waals surface area (Å²) in [7, 11) is 3.80. The summed E-state index contributed by atoms with van der Waals surface area (Å²) in [6.07, 6.45) is 3.97. The fraction of sp³-hybridized carbons (Fsp3) is 0.375. The molecule has 8 heteroatoms. The second-order valence-electron chi connectivity index (χ2n) is 8.02. The van der Waals surface area contributed by atoms with Crippen LogP contribution in [0.25, 0.3) is 11.3 Å². The summed E-state index contributed by atoms with van der Waals surface area (Å²) >= 11 is 0. The maximum Gasteiger partial charge on any atom is 0.194 e.